The van der Waals surface area contributed by atoms with Crippen molar-refractivity contribution in [2.24, 2.45) is 5.92 Å². The van der Waals surface area contributed by atoms with Gasteiger partial charge >= 0.3 is 5.97 Å². The minimum atomic E-state index is -0.845. The molecule has 3 aromatic rings. The minimum absolute atomic E-state index is 0.0459. The quantitative estimate of drug-likeness (QED) is 0.548. The third-order valence-corrected chi connectivity index (χ3v) is 4.86. The van der Waals surface area contributed by atoms with Crippen LogP contribution in [-0.2, 0) is 9.53 Å². The van der Waals surface area contributed by atoms with E-state index in [9.17, 15) is 14.4 Å². The van der Waals surface area contributed by atoms with Crippen LogP contribution in [0.15, 0.2) is 33.8 Å². The zero-order valence-corrected chi connectivity index (χ0v) is 19.2. The lowest BCUT2D eigenvalue weighted by molar-refractivity contribution is -0.157. The van der Waals surface area contributed by atoms with E-state index in [4.69, 9.17) is 4.74 Å². The summed E-state index contributed by atoms with van der Waals surface area (Å²) in [5.41, 5.74) is 0.260. The molecule has 0 aliphatic carbocycles. The highest BCUT2D eigenvalue weighted by Crippen LogP contribution is 2.20. The van der Waals surface area contributed by atoms with Crippen LogP contribution in [0.4, 0.5) is 0 Å². The Morgan fingerprint density at radius 3 is 2.63 bits per heavy atom. The van der Waals surface area contributed by atoms with Gasteiger partial charge in [-0.2, -0.15) is 0 Å². The maximum atomic E-state index is 13.0. The lowest BCUT2D eigenvalue weighted by Gasteiger charge is -2.25. The molecule has 0 aliphatic heterocycles. The van der Waals surface area contributed by atoms with Gasteiger partial charge in [0.15, 0.2) is 5.69 Å². The molecule has 0 bridgehead atoms. The number of H-pyrrole nitrogens is 1. The van der Waals surface area contributed by atoms with Crippen molar-refractivity contribution in [3.8, 4) is 0 Å². The van der Waals surface area contributed by atoms with Crippen LogP contribution >= 0.6 is 15.9 Å². The van der Waals surface area contributed by atoms with Crippen LogP contribution in [0.25, 0.3) is 16.6 Å². The Kier molecular flexibility index (Phi) is 6.03. The second-order valence-electron chi connectivity index (χ2n) is 8.62. The van der Waals surface area contributed by atoms with Crippen molar-refractivity contribution in [3.05, 3.63) is 45.0 Å². The van der Waals surface area contributed by atoms with E-state index >= 15 is 0 Å². The molecule has 0 radical (unpaired) electrons. The van der Waals surface area contributed by atoms with Crippen molar-refractivity contribution in [2.75, 3.05) is 0 Å². The summed E-state index contributed by atoms with van der Waals surface area (Å²) in [6, 6.07) is 4.55. The molecule has 3 rings (SSSR count). The van der Waals surface area contributed by atoms with Crippen LogP contribution in [0.5, 0.6) is 0 Å². The fraction of sp³-hybridized carbons (Fsp3) is 0.429. The number of ether oxygens (including phenoxy) is 1. The van der Waals surface area contributed by atoms with Gasteiger partial charge in [0, 0.05) is 4.47 Å². The molecule has 9 heteroatoms. The first-order chi connectivity index (χ1) is 14.0. The summed E-state index contributed by atoms with van der Waals surface area (Å²) >= 11 is 3.41. The van der Waals surface area contributed by atoms with E-state index in [-0.39, 0.29) is 17.1 Å². The number of hydrogen-bond donors (Lipinski definition) is 2. The number of nitrogens with one attached hydrogen (secondary N) is 2. The molecule has 30 heavy (non-hydrogen) atoms. The maximum Gasteiger partial charge on any atom is 0.329 e. The maximum absolute atomic E-state index is 13.0. The van der Waals surface area contributed by atoms with Crippen LogP contribution < -0.4 is 10.9 Å². The molecule has 1 amide bonds. The van der Waals surface area contributed by atoms with E-state index < -0.39 is 29.1 Å². The monoisotopic (exact) mass is 476 g/mol. The topological polar surface area (TPSA) is 106 Å². The van der Waals surface area contributed by atoms with Crippen molar-refractivity contribution in [2.45, 2.75) is 52.7 Å². The number of aromatic nitrogens is 3. The number of benzene rings is 1. The van der Waals surface area contributed by atoms with Crippen molar-refractivity contribution in [1.82, 2.24) is 19.7 Å². The third kappa shape index (κ3) is 4.72. The fourth-order valence-electron chi connectivity index (χ4n) is 3.19. The van der Waals surface area contributed by atoms with E-state index in [0.29, 0.717) is 17.5 Å². The van der Waals surface area contributed by atoms with Crippen molar-refractivity contribution in [3.63, 3.8) is 0 Å². The van der Waals surface area contributed by atoms with E-state index in [1.54, 1.807) is 31.2 Å². The van der Waals surface area contributed by atoms with E-state index in [2.05, 4.69) is 31.2 Å². The first kappa shape index (κ1) is 22.0. The predicted octanol–water partition coefficient (Wildman–Crippen LogP) is 3.42. The average molecular weight is 477 g/mol. The molecular weight excluding hydrogens is 452 g/mol. The molecule has 0 unspecified atom stereocenters. The number of aromatic amines is 1. The highest BCUT2D eigenvalue weighted by atomic mass is 79.9. The van der Waals surface area contributed by atoms with Crippen LogP contribution in [0.2, 0.25) is 0 Å². The van der Waals surface area contributed by atoms with E-state index in [1.807, 2.05) is 26.0 Å². The zero-order valence-electron chi connectivity index (χ0n) is 17.6. The van der Waals surface area contributed by atoms with Gasteiger partial charge in [0.25, 0.3) is 11.5 Å². The minimum Gasteiger partial charge on any atom is -0.458 e. The van der Waals surface area contributed by atoms with Gasteiger partial charge in [-0.25, -0.2) is 9.78 Å². The molecule has 2 heterocycles. The Hall–Kier alpha value is -2.68. The van der Waals surface area contributed by atoms with Crippen molar-refractivity contribution >= 4 is 44.4 Å². The summed E-state index contributed by atoms with van der Waals surface area (Å²) in [6.07, 6.45) is 1.83. The smallest absolute Gasteiger partial charge is 0.329 e. The van der Waals surface area contributed by atoms with Gasteiger partial charge in [0.1, 0.15) is 23.5 Å². The molecular formula is C21H25BrN4O4. The number of nitrogens with zero attached hydrogens (tertiary/aromatic N) is 2. The summed E-state index contributed by atoms with van der Waals surface area (Å²) in [5, 5.41) is 2.70. The van der Waals surface area contributed by atoms with E-state index in [0.717, 1.165) is 4.47 Å². The van der Waals surface area contributed by atoms with Gasteiger partial charge in [-0.05, 0) is 51.3 Å². The van der Waals surface area contributed by atoms with Crippen LogP contribution in [0.3, 0.4) is 0 Å². The second kappa shape index (κ2) is 8.22. The fourth-order valence-corrected chi connectivity index (χ4v) is 3.54. The highest BCUT2D eigenvalue weighted by molar-refractivity contribution is 9.10. The zero-order chi connectivity index (χ0) is 22.2. The normalized spacial score (nSPS) is 13.0. The number of rotatable bonds is 5. The third-order valence-electron chi connectivity index (χ3n) is 4.37. The first-order valence-electron chi connectivity index (χ1n) is 9.68. The standard InChI is InChI=1S/C21H25BrN4O4/c1-11(2)8-14(20(29)30-21(3,4)5)25-18(27)16-17-19(28)24-13-7-6-12(22)9-15(13)26(17)10-23-16/h6-7,9-11,14H,8H2,1-5H3,(H,24,28)(H,25,27)/t14-/m0/s1. The molecule has 2 aromatic heterocycles. The molecule has 160 valence electrons. The largest absolute Gasteiger partial charge is 0.458 e. The predicted molar refractivity (Wildman–Crippen MR) is 118 cm³/mol. The Morgan fingerprint density at radius 1 is 1.30 bits per heavy atom. The summed E-state index contributed by atoms with van der Waals surface area (Å²) in [4.78, 5) is 45.2. The molecule has 2 N–H and O–H groups in total. The lowest BCUT2D eigenvalue weighted by Crippen LogP contribution is -2.45. The molecule has 0 fully saturated rings. The SMILES string of the molecule is CC(C)C[C@H](NC(=O)c1ncn2c1c(=O)[nH]c1ccc(Br)cc12)C(=O)OC(C)(C)C. The van der Waals surface area contributed by atoms with Gasteiger partial charge < -0.3 is 15.0 Å². The van der Waals surface area contributed by atoms with Gasteiger partial charge in [-0.15, -0.1) is 0 Å². The Bertz CT molecular complexity index is 1170. The van der Waals surface area contributed by atoms with Crippen LogP contribution in [-0.4, -0.2) is 37.9 Å². The molecule has 0 aliphatic rings. The summed E-state index contributed by atoms with van der Waals surface area (Å²) in [5.74, 6) is -0.975. The number of hydrogen-bond acceptors (Lipinski definition) is 5. The van der Waals surface area contributed by atoms with Gasteiger partial charge in [0.05, 0.1) is 11.0 Å². The average Bonchev–Trinajstić information content (AvgIpc) is 3.06. The Labute approximate surface area is 182 Å². The number of carbonyl (C=O) groups is 2. The van der Waals surface area contributed by atoms with Crippen LogP contribution in [0.1, 0.15) is 51.5 Å². The highest BCUT2D eigenvalue weighted by Gasteiger charge is 2.29. The molecule has 8 nitrogen and oxygen atoms in total. The number of amides is 1. The van der Waals surface area contributed by atoms with Crippen molar-refractivity contribution < 1.29 is 14.3 Å². The summed E-state index contributed by atoms with van der Waals surface area (Å²) in [7, 11) is 0. The Morgan fingerprint density at radius 2 is 2.00 bits per heavy atom. The van der Waals surface area contributed by atoms with Crippen molar-refractivity contribution in [1.29, 1.82) is 0 Å². The molecule has 0 spiro atoms. The molecule has 0 saturated carbocycles. The number of esters is 1. The first-order valence-corrected chi connectivity index (χ1v) is 10.5. The number of imidazole rings is 1. The van der Waals surface area contributed by atoms with Gasteiger partial charge in [0.2, 0.25) is 0 Å². The summed E-state index contributed by atoms with van der Waals surface area (Å²) < 4.78 is 7.84. The van der Waals surface area contributed by atoms with Gasteiger partial charge in [-0.3, -0.25) is 14.0 Å². The number of carbonyl (C=O) groups excluding carboxylic acids is 2. The van der Waals surface area contributed by atoms with Crippen LogP contribution in [0, 0.1) is 5.92 Å². The molecule has 1 aromatic carbocycles. The van der Waals surface area contributed by atoms with E-state index in [1.165, 1.54) is 6.33 Å². The second-order valence-corrected chi connectivity index (χ2v) is 9.53. The Balaban J connectivity index is 1.99. The lowest BCUT2D eigenvalue weighted by atomic mass is 10.0. The molecule has 0 saturated heterocycles. The molecule has 1 atom stereocenters. The number of halogens is 1. The number of fused-ring (bicyclic) bond motifs is 3. The summed E-state index contributed by atoms with van der Waals surface area (Å²) in [6.45, 7) is 9.20. The van der Waals surface area contributed by atoms with Gasteiger partial charge in [-0.1, -0.05) is 29.8 Å².